The molecular weight excluding hydrogens is 300 g/mol. The maximum absolute atomic E-state index is 5.62. The molecule has 0 amide bonds. The van der Waals surface area contributed by atoms with Crippen LogP contribution in [-0.4, -0.2) is 50.5 Å². The Morgan fingerprint density at radius 3 is 2.67 bits per heavy atom. The van der Waals surface area contributed by atoms with E-state index in [2.05, 4.69) is 30.8 Å². The highest BCUT2D eigenvalue weighted by Crippen LogP contribution is 2.23. The monoisotopic (exact) mass is 318 g/mol. The minimum atomic E-state index is 0.266. The summed E-state index contributed by atoms with van der Waals surface area (Å²) in [6, 6.07) is 0. The lowest BCUT2D eigenvalue weighted by molar-refractivity contribution is 0.191. The molecule has 0 aliphatic carbocycles. The van der Waals surface area contributed by atoms with Crippen LogP contribution in [0.2, 0.25) is 0 Å². The molecule has 0 aliphatic heterocycles. The van der Waals surface area contributed by atoms with Gasteiger partial charge in [0.15, 0.2) is 0 Å². The molecule has 0 bridgehead atoms. The summed E-state index contributed by atoms with van der Waals surface area (Å²) < 4.78 is 11.0. The number of nitrogens with zero attached hydrogens (tertiary/aromatic N) is 3. The van der Waals surface area contributed by atoms with E-state index in [0.29, 0.717) is 13.2 Å². The van der Waals surface area contributed by atoms with E-state index >= 15 is 0 Å². The second-order valence-electron chi connectivity index (χ2n) is 3.73. The van der Waals surface area contributed by atoms with Crippen LogP contribution in [0.3, 0.4) is 0 Å². The van der Waals surface area contributed by atoms with Crippen LogP contribution in [0.25, 0.3) is 0 Å². The fraction of sp³-hybridized carbons (Fsp3) is 0.636. The van der Waals surface area contributed by atoms with E-state index in [9.17, 15) is 0 Å². The van der Waals surface area contributed by atoms with Crippen LogP contribution in [-0.2, 0) is 9.47 Å². The van der Waals surface area contributed by atoms with Crippen LogP contribution in [0.5, 0.6) is 0 Å². The molecule has 0 atom stereocenters. The third-order valence-electron chi connectivity index (χ3n) is 2.39. The first kappa shape index (κ1) is 15.1. The lowest BCUT2D eigenvalue weighted by Crippen LogP contribution is -2.30. The molecule has 0 aromatic carbocycles. The van der Waals surface area contributed by atoms with Crippen molar-refractivity contribution in [3.8, 4) is 0 Å². The van der Waals surface area contributed by atoms with Crippen molar-refractivity contribution < 1.29 is 9.47 Å². The quantitative estimate of drug-likeness (QED) is 0.728. The highest BCUT2D eigenvalue weighted by Gasteiger charge is 2.12. The van der Waals surface area contributed by atoms with E-state index in [1.54, 1.807) is 20.4 Å². The van der Waals surface area contributed by atoms with Crippen LogP contribution in [0.1, 0.15) is 6.42 Å². The van der Waals surface area contributed by atoms with E-state index < -0.39 is 0 Å². The normalized spacial score (nSPS) is 10.6. The standard InChI is InChI=1S/C11H19BrN4O2/c1-17-6-3-4-16(5-7-18-2)10-9(12)8-14-11(13)15-10/h8H,3-7H2,1-2H3,(H2,13,14,15). The van der Waals surface area contributed by atoms with Crippen LogP contribution in [0.4, 0.5) is 11.8 Å². The Hall–Kier alpha value is -0.920. The number of nitrogen functional groups attached to an aromatic ring is 1. The number of ether oxygens (including phenoxy) is 2. The van der Waals surface area contributed by atoms with Crippen LogP contribution < -0.4 is 10.6 Å². The predicted octanol–water partition coefficient (Wildman–Crippen LogP) is 1.31. The van der Waals surface area contributed by atoms with E-state index in [0.717, 1.165) is 29.8 Å². The first-order chi connectivity index (χ1) is 8.69. The van der Waals surface area contributed by atoms with Gasteiger partial charge in [0.1, 0.15) is 5.82 Å². The lowest BCUT2D eigenvalue weighted by atomic mass is 10.3. The van der Waals surface area contributed by atoms with Crippen molar-refractivity contribution in [3.05, 3.63) is 10.7 Å². The molecule has 18 heavy (non-hydrogen) atoms. The number of halogens is 1. The maximum Gasteiger partial charge on any atom is 0.222 e. The van der Waals surface area contributed by atoms with Crippen molar-refractivity contribution >= 4 is 27.7 Å². The van der Waals surface area contributed by atoms with Crippen LogP contribution in [0, 0.1) is 0 Å². The van der Waals surface area contributed by atoms with Gasteiger partial charge in [-0.25, -0.2) is 4.98 Å². The summed E-state index contributed by atoms with van der Waals surface area (Å²) in [5, 5.41) is 0. The first-order valence-electron chi connectivity index (χ1n) is 5.70. The highest BCUT2D eigenvalue weighted by atomic mass is 79.9. The zero-order chi connectivity index (χ0) is 13.4. The van der Waals surface area contributed by atoms with E-state index in [1.807, 2.05) is 0 Å². The van der Waals surface area contributed by atoms with Gasteiger partial charge in [-0.1, -0.05) is 0 Å². The Labute approximate surface area is 116 Å². The molecule has 0 spiro atoms. The van der Waals surface area contributed by atoms with Crippen molar-refractivity contribution in [1.29, 1.82) is 0 Å². The molecule has 2 N–H and O–H groups in total. The van der Waals surface area contributed by atoms with E-state index in [1.165, 1.54) is 0 Å². The number of aromatic nitrogens is 2. The van der Waals surface area contributed by atoms with Gasteiger partial charge in [-0.15, -0.1) is 0 Å². The van der Waals surface area contributed by atoms with Crippen molar-refractivity contribution in [2.24, 2.45) is 0 Å². The van der Waals surface area contributed by atoms with Crippen molar-refractivity contribution in [3.63, 3.8) is 0 Å². The van der Waals surface area contributed by atoms with Gasteiger partial charge in [-0.05, 0) is 22.4 Å². The lowest BCUT2D eigenvalue weighted by Gasteiger charge is -2.24. The topological polar surface area (TPSA) is 73.5 Å². The average Bonchev–Trinajstić information content (AvgIpc) is 2.37. The number of rotatable bonds is 8. The molecule has 1 heterocycles. The van der Waals surface area contributed by atoms with Crippen molar-refractivity contribution in [2.45, 2.75) is 6.42 Å². The van der Waals surface area contributed by atoms with Gasteiger partial charge in [-0.3, -0.25) is 0 Å². The molecule has 0 saturated heterocycles. The Morgan fingerprint density at radius 1 is 1.28 bits per heavy atom. The molecule has 0 saturated carbocycles. The number of nitrogens with two attached hydrogens (primary N) is 1. The van der Waals surface area contributed by atoms with Gasteiger partial charge in [0, 0.05) is 40.1 Å². The summed E-state index contributed by atoms with van der Waals surface area (Å²) >= 11 is 3.44. The molecule has 0 fully saturated rings. The minimum Gasteiger partial charge on any atom is -0.385 e. The number of methoxy groups -OCH3 is 2. The summed E-state index contributed by atoms with van der Waals surface area (Å²) in [6.45, 7) is 2.91. The second-order valence-corrected chi connectivity index (χ2v) is 4.58. The van der Waals surface area contributed by atoms with Crippen LogP contribution >= 0.6 is 15.9 Å². The van der Waals surface area contributed by atoms with E-state index in [-0.39, 0.29) is 5.95 Å². The average molecular weight is 319 g/mol. The van der Waals surface area contributed by atoms with Crippen molar-refractivity contribution in [1.82, 2.24) is 9.97 Å². The summed E-state index contributed by atoms with van der Waals surface area (Å²) in [4.78, 5) is 10.3. The third kappa shape index (κ3) is 4.75. The summed E-state index contributed by atoms with van der Waals surface area (Å²) in [5.41, 5.74) is 5.62. The molecule has 1 rings (SSSR count). The Kier molecular flexibility index (Phi) is 6.92. The Balaban J connectivity index is 2.75. The number of hydrogen-bond donors (Lipinski definition) is 1. The molecule has 0 radical (unpaired) electrons. The molecule has 1 aromatic rings. The third-order valence-corrected chi connectivity index (χ3v) is 2.94. The summed E-state index contributed by atoms with van der Waals surface area (Å²) in [7, 11) is 3.37. The Morgan fingerprint density at radius 2 is 2.00 bits per heavy atom. The summed E-state index contributed by atoms with van der Waals surface area (Å²) in [6.07, 6.45) is 2.57. The smallest absolute Gasteiger partial charge is 0.222 e. The first-order valence-corrected chi connectivity index (χ1v) is 6.49. The molecule has 7 heteroatoms. The molecular formula is C11H19BrN4O2. The van der Waals surface area contributed by atoms with Gasteiger partial charge in [0.25, 0.3) is 0 Å². The molecule has 0 unspecified atom stereocenters. The zero-order valence-corrected chi connectivity index (χ0v) is 12.3. The number of anilines is 2. The molecule has 0 aliphatic rings. The van der Waals surface area contributed by atoms with Crippen molar-refractivity contribution in [2.75, 3.05) is 51.2 Å². The minimum absolute atomic E-state index is 0.266. The summed E-state index contributed by atoms with van der Waals surface area (Å²) in [5.74, 6) is 1.05. The fourth-order valence-electron chi connectivity index (χ4n) is 1.52. The maximum atomic E-state index is 5.62. The van der Waals surface area contributed by atoms with Gasteiger partial charge >= 0.3 is 0 Å². The van der Waals surface area contributed by atoms with E-state index in [4.69, 9.17) is 15.2 Å². The fourth-order valence-corrected chi connectivity index (χ4v) is 1.96. The number of hydrogen-bond acceptors (Lipinski definition) is 6. The SMILES string of the molecule is COCCCN(CCOC)c1nc(N)ncc1Br. The zero-order valence-electron chi connectivity index (χ0n) is 10.7. The Bertz CT molecular complexity index is 365. The molecule has 1 aromatic heterocycles. The second kappa shape index (κ2) is 8.23. The van der Waals surface area contributed by atoms with Gasteiger partial charge < -0.3 is 20.1 Å². The molecule has 102 valence electrons. The highest BCUT2D eigenvalue weighted by molar-refractivity contribution is 9.10. The predicted molar refractivity (Wildman–Crippen MR) is 74.7 cm³/mol. The van der Waals surface area contributed by atoms with Gasteiger partial charge in [0.05, 0.1) is 11.1 Å². The largest absolute Gasteiger partial charge is 0.385 e. The van der Waals surface area contributed by atoms with Gasteiger partial charge in [0.2, 0.25) is 5.95 Å². The molecule has 6 nitrogen and oxygen atoms in total. The van der Waals surface area contributed by atoms with Crippen LogP contribution in [0.15, 0.2) is 10.7 Å². The van der Waals surface area contributed by atoms with Gasteiger partial charge in [-0.2, -0.15) is 4.98 Å².